The third-order valence-electron chi connectivity index (χ3n) is 3.10. The fourth-order valence-electron chi connectivity index (χ4n) is 2.31. The van der Waals surface area contributed by atoms with Crippen molar-refractivity contribution >= 4 is 11.5 Å². The quantitative estimate of drug-likeness (QED) is 0.818. The van der Waals surface area contributed by atoms with Crippen molar-refractivity contribution in [1.82, 2.24) is 9.59 Å². The minimum atomic E-state index is -0.392. The zero-order chi connectivity index (χ0) is 9.97. The standard InChI is InChI=1S/C10H16N2OS/c1-7-3-2-4-8(5-7)10(13)9-6-14-12-11-9/h6-8,10,13H,2-5H2,1H3. The molecular weight excluding hydrogens is 196 g/mol. The molecule has 3 unspecified atom stereocenters. The summed E-state index contributed by atoms with van der Waals surface area (Å²) in [6, 6.07) is 0. The van der Waals surface area contributed by atoms with Gasteiger partial charge in [-0.05, 0) is 36.2 Å². The molecule has 1 N–H and O–H groups in total. The first-order valence-corrected chi connectivity index (χ1v) is 6.06. The molecule has 0 bridgehead atoms. The zero-order valence-corrected chi connectivity index (χ0v) is 9.20. The second-order valence-corrected chi connectivity index (χ2v) is 4.92. The molecule has 78 valence electrons. The second-order valence-electron chi connectivity index (χ2n) is 4.31. The number of hydrogen-bond donors (Lipinski definition) is 1. The van der Waals surface area contributed by atoms with Crippen LogP contribution in [0.15, 0.2) is 5.38 Å². The number of rotatable bonds is 2. The van der Waals surface area contributed by atoms with Gasteiger partial charge in [-0.2, -0.15) is 0 Å². The van der Waals surface area contributed by atoms with Gasteiger partial charge in [0.05, 0.1) is 0 Å². The summed E-state index contributed by atoms with van der Waals surface area (Å²) >= 11 is 1.31. The average Bonchev–Trinajstić information content (AvgIpc) is 2.69. The molecular formula is C10H16N2OS. The Morgan fingerprint density at radius 2 is 2.43 bits per heavy atom. The first kappa shape index (κ1) is 10.1. The molecule has 14 heavy (non-hydrogen) atoms. The van der Waals surface area contributed by atoms with Crippen LogP contribution in [0.5, 0.6) is 0 Å². The third-order valence-corrected chi connectivity index (χ3v) is 3.63. The molecule has 1 saturated carbocycles. The SMILES string of the molecule is CC1CCCC(C(O)c2csnn2)C1. The molecule has 1 aromatic heterocycles. The Bertz CT molecular complexity index is 276. The van der Waals surface area contributed by atoms with Crippen molar-refractivity contribution in [3.63, 3.8) is 0 Å². The van der Waals surface area contributed by atoms with Crippen molar-refractivity contribution in [2.75, 3.05) is 0 Å². The minimum Gasteiger partial charge on any atom is -0.386 e. The molecule has 1 aromatic rings. The summed E-state index contributed by atoms with van der Waals surface area (Å²) in [6.45, 7) is 2.26. The van der Waals surface area contributed by atoms with Gasteiger partial charge in [0.1, 0.15) is 11.8 Å². The van der Waals surface area contributed by atoms with Crippen LogP contribution in [0.2, 0.25) is 0 Å². The lowest BCUT2D eigenvalue weighted by molar-refractivity contribution is 0.0680. The van der Waals surface area contributed by atoms with Crippen molar-refractivity contribution in [1.29, 1.82) is 0 Å². The van der Waals surface area contributed by atoms with E-state index >= 15 is 0 Å². The fraction of sp³-hybridized carbons (Fsp3) is 0.800. The first-order valence-electron chi connectivity index (χ1n) is 5.22. The highest BCUT2D eigenvalue weighted by Crippen LogP contribution is 2.36. The summed E-state index contributed by atoms with van der Waals surface area (Å²) in [5.41, 5.74) is 0.758. The number of hydrogen-bond acceptors (Lipinski definition) is 4. The van der Waals surface area contributed by atoms with Crippen LogP contribution in [0.25, 0.3) is 0 Å². The zero-order valence-electron chi connectivity index (χ0n) is 8.39. The van der Waals surface area contributed by atoms with Crippen molar-refractivity contribution in [2.24, 2.45) is 11.8 Å². The van der Waals surface area contributed by atoms with E-state index in [0.717, 1.165) is 24.5 Å². The van der Waals surface area contributed by atoms with Crippen LogP contribution in [0, 0.1) is 11.8 Å². The number of aromatic nitrogens is 2. The summed E-state index contributed by atoms with van der Waals surface area (Å²) in [5.74, 6) is 1.14. The fourth-order valence-corrected chi connectivity index (χ4v) is 2.79. The third kappa shape index (κ3) is 2.12. The van der Waals surface area contributed by atoms with E-state index in [1.807, 2.05) is 5.38 Å². The molecule has 0 aromatic carbocycles. The van der Waals surface area contributed by atoms with Crippen molar-refractivity contribution in [2.45, 2.75) is 38.7 Å². The topological polar surface area (TPSA) is 46.0 Å². The van der Waals surface area contributed by atoms with Crippen LogP contribution in [0.4, 0.5) is 0 Å². The molecule has 1 fully saturated rings. The molecule has 4 heteroatoms. The summed E-state index contributed by atoms with van der Waals surface area (Å²) < 4.78 is 3.79. The van der Waals surface area contributed by atoms with E-state index in [0.29, 0.717) is 5.92 Å². The Hall–Kier alpha value is -0.480. The van der Waals surface area contributed by atoms with Gasteiger partial charge in [-0.1, -0.05) is 24.3 Å². The van der Waals surface area contributed by atoms with E-state index in [9.17, 15) is 5.11 Å². The van der Waals surface area contributed by atoms with Gasteiger partial charge in [0, 0.05) is 5.38 Å². The monoisotopic (exact) mass is 212 g/mol. The van der Waals surface area contributed by atoms with E-state index in [1.165, 1.54) is 24.4 Å². The Kier molecular flexibility index (Phi) is 3.13. The van der Waals surface area contributed by atoms with Gasteiger partial charge in [0.25, 0.3) is 0 Å². The largest absolute Gasteiger partial charge is 0.386 e. The first-order chi connectivity index (χ1) is 6.77. The maximum absolute atomic E-state index is 10.1. The predicted molar refractivity (Wildman–Crippen MR) is 56.0 cm³/mol. The highest BCUT2D eigenvalue weighted by Gasteiger charge is 2.27. The Morgan fingerprint density at radius 3 is 3.07 bits per heavy atom. The molecule has 0 radical (unpaired) electrons. The Morgan fingerprint density at radius 1 is 1.57 bits per heavy atom. The summed E-state index contributed by atoms with van der Waals surface area (Å²) in [6.07, 6.45) is 4.40. The van der Waals surface area contributed by atoms with Crippen LogP contribution >= 0.6 is 11.5 Å². The number of aliphatic hydroxyl groups excluding tert-OH is 1. The van der Waals surface area contributed by atoms with E-state index < -0.39 is 6.10 Å². The molecule has 0 aliphatic heterocycles. The van der Waals surface area contributed by atoms with Gasteiger partial charge < -0.3 is 5.11 Å². The maximum Gasteiger partial charge on any atom is 0.104 e. The summed E-state index contributed by atoms with van der Waals surface area (Å²) in [4.78, 5) is 0. The summed E-state index contributed by atoms with van der Waals surface area (Å²) in [7, 11) is 0. The van der Waals surface area contributed by atoms with Gasteiger partial charge in [-0.15, -0.1) is 5.10 Å². The lowest BCUT2D eigenvalue weighted by Gasteiger charge is -2.29. The smallest absolute Gasteiger partial charge is 0.104 e. The minimum absolute atomic E-state index is 0.391. The molecule has 2 rings (SSSR count). The predicted octanol–water partition coefficient (Wildman–Crippen LogP) is 2.40. The van der Waals surface area contributed by atoms with Crippen LogP contribution in [0.1, 0.15) is 44.4 Å². The molecule has 1 aliphatic carbocycles. The van der Waals surface area contributed by atoms with Gasteiger partial charge in [0.2, 0.25) is 0 Å². The van der Waals surface area contributed by atoms with E-state index in [4.69, 9.17) is 0 Å². The highest BCUT2D eigenvalue weighted by atomic mass is 32.1. The molecule has 1 aliphatic rings. The van der Waals surface area contributed by atoms with Crippen LogP contribution in [-0.4, -0.2) is 14.7 Å². The van der Waals surface area contributed by atoms with Gasteiger partial charge in [0.15, 0.2) is 0 Å². The van der Waals surface area contributed by atoms with Gasteiger partial charge in [-0.25, -0.2) is 0 Å². The molecule has 3 nitrogen and oxygen atoms in total. The van der Waals surface area contributed by atoms with E-state index in [2.05, 4.69) is 16.5 Å². The average molecular weight is 212 g/mol. The van der Waals surface area contributed by atoms with E-state index in [1.54, 1.807) is 0 Å². The van der Waals surface area contributed by atoms with Gasteiger partial charge in [-0.3, -0.25) is 0 Å². The molecule has 1 heterocycles. The lowest BCUT2D eigenvalue weighted by Crippen LogP contribution is -2.20. The second kappa shape index (κ2) is 4.36. The molecule has 0 saturated heterocycles. The maximum atomic E-state index is 10.1. The summed E-state index contributed by atoms with van der Waals surface area (Å²) in [5, 5.41) is 15.8. The van der Waals surface area contributed by atoms with Crippen molar-refractivity contribution in [3.8, 4) is 0 Å². The lowest BCUT2D eigenvalue weighted by atomic mass is 9.79. The van der Waals surface area contributed by atoms with Crippen LogP contribution in [0.3, 0.4) is 0 Å². The van der Waals surface area contributed by atoms with Crippen molar-refractivity contribution in [3.05, 3.63) is 11.1 Å². The number of aliphatic hydroxyl groups is 1. The van der Waals surface area contributed by atoms with E-state index in [-0.39, 0.29) is 0 Å². The molecule has 3 atom stereocenters. The molecule has 0 amide bonds. The van der Waals surface area contributed by atoms with Gasteiger partial charge >= 0.3 is 0 Å². The van der Waals surface area contributed by atoms with Crippen molar-refractivity contribution < 1.29 is 5.11 Å². The van der Waals surface area contributed by atoms with Crippen LogP contribution < -0.4 is 0 Å². The normalized spacial score (nSPS) is 30.1. The highest BCUT2D eigenvalue weighted by molar-refractivity contribution is 7.03. The number of nitrogens with zero attached hydrogens (tertiary/aromatic N) is 2. The Labute approximate surface area is 88.3 Å². The molecule has 0 spiro atoms. The Balaban J connectivity index is 2.00. The van der Waals surface area contributed by atoms with Crippen LogP contribution in [-0.2, 0) is 0 Å².